The van der Waals surface area contributed by atoms with Crippen molar-refractivity contribution in [3.05, 3.63) is 34.7 Å². The predicted octanol–water partition coefficient (Wildman–Crippen LogP) is 3.26. The van der Waals surface area contributed by atoms with E-state index in [1.807, 2.05) is 5.38 Å². The minimum absolute atomic E-state index is 0.364. The van der Waals surface area contributed by atoms with Gasteiger partial charge in [0.1, 0.15) is 0 Å². The van der Waals surface area contributed by atoms with Gasteiger partial charge < -0.3 is 5.11 Å². The van der Waals surface area contributed by atoms with Crippen molar-refractivity contribution in [1.82, 2.24) is 0 Å². The van der Waals surface area contributed by atoms with Crippen molar-refractivity contribution in [2.45, 2.75) is 20.0 Å². The Labute approximate surface area is 81.6 Å². The molecule has 0 spiro atoms. The van der Waals surface area contributed by atoms with Gasteiger partial charge in [-0.05, 0) is 41.8 Å². The molecule has 1 aromatic carbocycles. The van der Waals surface area contributed by atoms with Gasteiger partial charge in [0.05, 0.1) is 6.10 Å². The van der Waals surface area contributed by atoms with Crippen LogP contribution < -0.4 is 0 Å². The molecule has 1 aromatic heterocycles. The molecular weight excluding hydrogens is 180 g/mol. The van der Waals surface area contributed by atoms with Gasteiger partial charge in [-0.25, -0.2) is 0 Å². The Hall–Kier alpha value is -0.860. The molecule has 0 saturated carbocycles. The van der Waals surface area contributed by atoms with Crippen LogP contribution in [0, 0.1) is 6.92 Å². The molecule has 0 aliphatic rings. The zero-order valence-electron chi connectivity index (χ0n) is 7.74. The van der Waals surface area contributed by atoms with Gasteiger partial charge in [-0.1, -0.05) is 12.1 Å². The van der Waals surface area contributed by atoms with E-state index in [0.29, 0.717) is 0 Å². The fourth-order valence-electron chi connectivity index (χ4n) is 1.48. The Balaban J connectivity index is 2.69. The first-order chi connectivity index (χ1) is 6.18. The number of fused-ring (bicyclic) bond motifs is 1. The number of rotatable bonds is 1. The molecule has 0 fully saturated rings. The van der Waals surface area contributed by atoms with Crippen LogP contribution in [0.4, 0.5) is 0 Å². The van der Waals surface area contributed by atoms with Crippen molar-refractivity contribution >= 4 is 21.4 Å². The lowest BCUT2D eigenvalue weighted by atomic mass is 10.1. The van der Waals surface area contributed by atoms with Crippen LogP contribution in [0.25, 0.3) is 10.1 Å². The molecule has 0 radical (unpaired) electrons. The lowest BCUT2D eigenvalue weighted by Crippen LogP contribution is -1.87. The highest BCUT2D eigenvalue weighted by Gasteiger charge is 2.07. The van der Waals surface area contributed by atoms with Crippen molar-refractivity contribution < 1.29 is 5.11 Å². The Morgan fingerprint density at radius 2 is 2.15 bits per heavy atom. The Bertz CT molecular complexity index is 429. The number of thiophene rings is 1. The maximum atomic E-state index is 9.49. The summed E-state index contributed by atoms with van der Waals surface area (Å²) in [6.45, 7) is 3.89. The first kappa shape index (κ1) is 8.73. The van der Waals surface area contributed by atoms with Crippen LogP contribution in [-0.4, -0.2) is 5.11 Å². The van der Waals surface area contributed by atoms with Crippen LogP contribution in [0.1, 0.15) is 24.2 Å². The van der Waals surface area contributed by atoms with Crippen LogP contribution >= 0.6 is 11.3 Å². The summed E-state index contributed by atoms with van der Waals surface area (Å²) in [7, 11) is 0. The summed E-state index contributed by atoms with van der Waals surface area (Å²) in [5, 5.41) is 12.7. The van der Waals surface area contributed by atoms with Gasteiger partial charge in [-0.2, -0.15) is 0 Å². The molecule has 2 heteroatoms. The SMILES string of the molecule is Cc1ccc2c(C(C)O)csc2c1. The van der Waals surface area contributed by atoms with Gasteiger partial charge in [0.2, 0.25) is 0 Å². The third kappa shape index (κ3) is 1.47. The summed E-state index contributed by atoms with van der Waals surface area (Å²) in [5.74, 6) is 0. The zero-order chi connectivity index (χ0) is 9.42. The molecule has 1 N–H and O–H groups in total. The van der Waals surface area contributed by atoms with Crippen molar-refractivity contribution in [3.8, 4) is 0 Å². The van der Waals surface area contributed by atoms with E-state index in [1.165, 1.54) is 15.6 Å². The zero-order valence-corrected chi connectivity index (χ0v) is 8.56. The van der Waals surface area contributed by atoms with Gasteiger partial charge >= 0.3 is 0 Å². The topological polar surface area (TPSA) is 20.2 Å². The molecule has 68 valence electrons. The predicted molar refractivity (Wildman–Crippen MR) is 57.2 cm³/mol. The van der Waals surface area contributed by atoms with Crippen LogP contribution in [0.3, 0.4) is 0 Å². The molecular formula is C11H12OS. The number of aryl methyl sites for hydroxylation is 1. The van der Waals surface area contributed by atoms with E-state index >= 15 is 0 Å². The monoisotopic (exact) mass is 192 g/mol. The van der Waals surface area contributed by atoms with Crippen molar-refractivity contribution in [1.29, 1.82) is 0 Å². The first-order valence-corrected chi connectivity index (χ1v) is 5.22. The summed E-state index contributed by atoms with van der Waals surface area (Å²) in [6.07, 6.45) is -0.364. The smallest absolute Gasteiger partial charge is 0.0776 e. The van der Waals surface area contributed by atoms with Gasteiger partial charge in [-0.3, -0.25) is 0 Å². The van der Waals surface area contributed by atoms with Gasteiger partial charge in [0, 0.05) is 4.70 Å². The maximum absolute atomic E-state index is 9.49. The molecule has 0 amide bonds. The molecule has 2 aromatic rings. The molecule has 0 saturated heterocycles. The second-order valence-electron chi connectivity index (χ2n) is 3.37. The summed E-state index contributed by atoms with van der Waals surface area (Å²) in [5.41, 5.74) is 2.31. The minimum atomic E-state index is -0.364. The molecule has 0 aliphatic heterocycles. The molecule has 0 aliphatic carbocycles. The first-order valence-electron chi connectivity index (χ1n) is 4.34. The summed E-state index contributed by atoms with van der Waals surface area (Å²) < 4.78 is 1.26. The molecule has 2 rings (SSSR count). The lowest BCUT2D eigenvalue weighted by molar-refractivity contribution is 0.201. The van der Waals surface area contributed by atoms with Gasteiger partial charge in [0.15, 0.2) is 0 Å². The molecule has 1 unspecified atom stereocenters. The Kier molecular flexibility index (Phi) is 2.10. The van der Waals surface area contributed by atoms with E-state index in [1.54, 1.807) is 18.3 Å². The number of benzene rings is 1. The van der Waals surface area contributed by atoms with E-state index in [2.05, 4.69) is 25.1 Å². The highest BCUT2D eigenvalue weighted by Crippen LogP contribution is 2.30. The molecule has 1 nitrogen and oxygen atoms in total. The van der Waals surface area contributed by atoms with Crippen molar-refractivity contribution in [3.63, 3.8) is 0 Å². The van der Waals surface area contributed by atoms with Crippen LogP contribution in [-0.2, 0) is 0 Å². The number of aliphatic hydroxyl groups excluding tert-OH is 1. The van der Waals surface area contributed by atoms with Gasteiger partial charge in [-0.15, -0.1) is 11.3 Å². The standard InChI is InChI=1S/C11H12OS/c1-7-3-4-9-10(8(2)12)6-13-11(9)5-7/h3-6,8,12H,1-2H3. The van der Waals surface area contributed by atoms with E-state index in [0.717, 1.165) is 5.56 Å². The average molecular weight is 192 g/mol. The normalized spacial score (nSPS) is 13.5. The highest BCUT2D eigenvalue weighted by atomic mass is 32.1. The van der Waals surface area contributed by atoms with Crippen molar-refractivity contribution in [2.24, 2.45) is 0 Å². The van der Waals surface area contributed by atoms with Crippen LogP contribution in [0.2, 0.25) is 0 Å². The quantitative estimate of drug-likeness (QED) is 0.735. The molecule has 1 heterocycles. The van der Waals surface area contributed by atoms with E-state index in [-0.39, 0.29) is 6.10 Å². The summed E-state index contributed by atoms with van der Waals surface area (Å²) in [6, 6.07) is 6.33. The largest absolute Gasteiger partial charge is 0.389 e. The highest BCUT2D eigenvalue weighted by molar-refractivity contribution is 7.17. The number of hydrogen-bond acceptors (Lipinski definition) is 2. The average Bonchev–Trinajstić information content (AvgIpc) is 2.46. The maximum Gasteiger partial charge on any atom is 0.0776 e. The lowest BCUT2D eigenvalue weighted by Gasteiger charge is -2.01. The molecule has 13 heavy (non-hydrogen) atoms. The molecule has 0 bridgehead atoms. The van der Waals surface area contributed by atoms with E-state index in [9.17, 15) is 5.11 Å². The van der Waals surface area contributed by atoms with Crippen LogP contribution in [0.15, 0.2) is 23.6 Å². The fraction of sp³-hybridized carbons (Fsp3) is 0.273. The number of hydrogen-bond donors (Lipinski definition) is 1. The Morgan fingerprint density at radius 3 is 2.85 bits per heavy atom. The minimum Gasteiger partial charge on any atom is -0.389 e. The third-order valence-corrected chi connectivity index (χ3v) is 3.17. The second kappa shape index (κ2) is 3.13. The summed E-state index contributed by atoms with van der Waals surface area (Å²) in [4.78, 5) is 0. The van der Waals surface area contributed by atoms with Crippen LogP contribution in [0.5, 0.6) is 0 Å². The van der Waals surface area contributed by atoms with E-state index in [4.69, 9.17) is 0 Å². The van der Waals surface area contributed by atoms with Gasteiger partial charge in [0.25, 0.3) is 0 Å². The third-order valence-electron chi connectivity index (χ3n) is 2.21. The van der Waals surface area contributed by atoms with E-state index < -0.39 is 0 Å². The second-order valence-corrected chi connectivity index (χ2v) is 4.28. The summed E-state index contributed by atoms with van der Waals surface area (Å²) >= 11 is 1.70. The Morgan fingerprint density at radius 1 is 1.38 bits per heavy atom. The fourth-order valence-corrected chi connectivity index (χ4v) is 2.62. The molecule has 1 atom stereocenters. The number of aliphatic hydroxyl groups is 1. The van der Waals surface area contributed by atoms with Crippen molar-refractivity contribution in [2.75, 3.05) is 0 Å².